The van der Waals surface area contributed by atoms with Crippen molar-refractivity contribution in [2.75, 3.05) is 13.2 Å². The number of hydrogen-bond donors (Lipinski definition) is 1. The lowest BCUT2D eigenvalue weighted by Crippen LogP contribution is -2.35. The maximum atomic E-state index is 14.6. The molecule has 1 saturated heterocycles. The number of ether oxygens (including phenoxy) is 2. The average molecular weight is 624 g/mol. The topological polar surface area (TPSA) is 147 Å². The molecule has 0 aliphatic carbocycles. The molecule has 1 N–H and O–H groups in total. The Morgan fingerprint density at radius 1 is 0.976 bits per heavy atom. The normalized spacial score (nSPS) is 18.8. The van der Waals surface area contributed by atoms with Gasteiger partial charge in [-0.15, -0.1) is 0 Å². The molecule has 1 aliphatic heterocycles. The molecule has 1 aliphatic rings. The largest absolute Gasteiger partial charge is 0.341 e. The third-order valence-corrected chi connectivity index (χ3v) is 8.24. The van der Waals surface area contributed by atoms with Crippen LogP contribution in [-0.2, 0) is 46.2 Å². The zero-order valence-electron chi connectivity index (χ0n) is 22.4. The van der Waals surface area contributed by atoms with E-state index in [0.717, 1.165) is 23.3 Å². The molecule has 2 heterocycles. The summed E-state index contributed by atoms with van der Waals surface area (Å²) < 4.78 is 101. The minimum atomic E-state index is -4.02. The zero-order chi connectivity index (χ0) is 30.5. The second-order valence-corrected chi connectivity index (χ2v) is 12.4. The maximum Gasteiger partial charge on any atom is 0.297 e. The molecule has 0 spiro atoms. The van der Waals surface area contributed by atoms with E-state index in [2.05, 4.69) is 10.1 Å². The van der Waals surface area contributed by atoms with Crippen LogP contribution in [0.3, 0.4) is 0 Å². The molecule has 1 aromatic heterocycles. The van der Waals surface area contributed by atoms with Crippen LogP contribution in [0.25, 0.3) is 0 Å². The van der Waals surface area contributed by atoms with Crippen molar-refractivity contribution in [1.29, 1.82) is 0 Å². The van der Waals surface area contributed by atoms with Gasteiger partial charge in [-0.3, -0.25) is 8.74 Å². The van der Waals surface area contributed by atoms with Crippen LogP contribution in [0, 0.1) is 25.5 Å². The van der Waals surface area contributed by atoms with Gasteiger partial charge in [0.1, 0.15) is 36.9 Å². The van der Waals surface area contributed by atoms with E-state index in [-0.39, 0.29) is 35.1 Å². The van der Waals surface area contributed by atoms with Crippen LogP contribution in [0.5, 0.6) is 0 Å². The van der Waals surface area contributed by atoms with Crippen LogP contribution in [0.4, 0.5) is 8.78 Å². The van der Waals surface area contributed by atoms with Crippen LogP contribution < -0.4 is 0 Å². The highest BCUT2D eigenvalue weighted by Crippen LogP contribution is 2.38. The summed E-state index contributed by atoms with van der Waals surface area (Å²) in [6, 6.07) is 15.2. The first-order valence-electron chi connectivity index (χ1n) is 12.4. The lowest BCUT2D eigenvalue weighted by molar-refractivity contribution is -0.192. The van der Waals surface area contributed by atoms with E-state index in [1.165, 1.54) is 47.7 Å². The molecule has 0 bridgehead atoms. The molecule has 3 aromatic carbocycles. The monoisotopic (exact) mass is 623 g/mol. The van der Waals surface area contributed by atoms with Crippen molar-refractivity contribution >= 4 is 20.2 Å². The Morgan fingerprint density at radius 3 is 2.14 bits per heavy atom. The van der Waals surface area contributed by atoms with Crippen LogP contribution in [0.15, 0.2) is 89.2 Å². The van der Waals surface area contributed by atoms with Crippen molar-refractivity contribution in [1.82, 2.24) is 14.8 Å². The van der Waals surface area contributed by atoms with E-state index in [1.807, 2.05) is 13.8 Å². The third kappa shape index (κ3) is 7.81. The van der Waals surface area contributed by atoms with Crippen LogP contribution >= 0.6 is 0 Å². The van der Waals surface area contributed by atoms with Crippen molar-refractivity contribution < 1.29 is 43.8 Å². The van der Waals surface area contributed by atoms with Crippen molar-refractivity contribution in [2.24, 2.45) is 0 Å². The summed E-state index contributed by atoms with van der Waals surface area (Å²) in [5.74, 6) is -3.28. The first-order chi connectivity index (χ1) is 19.8. The van der Waals surface area contributed by atoms with Gasteiger partial charge in [0.15, 0.2) is 0 Å². The third-order valence-electron chi connectivity index (χ3n) is 6.08. The van der Waals surface area contributed by atoms with Crippen molar-refractivity contribution in [2.45, 2.75) is 42.1 Å². The molecule has 0 unspecified atom stereocenters. The number of halogens is 2. The SMILES string of the molecule is Cc1ccc(S(=O)(=O)O)cc1.Cc1ccc(S(=O)(=O)OC[C@@H]2CO[C@@](Cn3cncn3)(c3ccc(F)cc3F)O2)cc1. The van der Waals surface area contributed by atoms with E-state index in [1.54, 1.807) is 24.3 Å². The molecule has 1 fully saturated rings. The molecule has 11 nitrogen and oxygen atoms in total. The Hall–Kier alpha value is -3.60. The maximum absolute atomic E-state index is 14.6. The van der Waals surface area contributed by atoms with E-state index < -0.39 is 43.8 Å². The summed E-state index contributed by atoms with van der Waals surface area (Å²) in [6.07, 6.45) is 1.85. The Labute approximate surface area is 241 Å². The summed E-state index contributed by atoms with van der Waals surface area (Å²) in [4.78, 5) is 3.78. The highest BCUT2D eigenvalue weighted by molar-refractivity contribution is 7.86. The Balaban J connectivity index is 0.000000310. The quantitative estimate of drug-likeness (QED) is 0.227. The minimum absolute atomic E-state index is 0.00970. The van der Waals surface area contributed by atoms with Gasteiger partial charge in [-0.2, -0.15) is 21.9 Å². The van der Waals surface area contributed by atoms with Gasteiger partial charge in [0.05, 0.1) is 23.0 Å². The molecule has 224 valence electrons. The molecule has 0 saturated carbocycles. The first-order valence-corrected chi connectivity index (χ1v) is 15.2. The molecular weight excluding hydrogens is 596 g/mol. The van der Waals surface area contributed by atoms with E-state index in [9.17, 15) is 25.6 Å². The second kappa shape index (κ2) is 12.7. The summed E-state index contributed by atoms with van der Waals surface area (Å²) in [5, 5.41) is 3.98. The van der Waals surface area contributed by atoms with Gasteiger partial charge in [0.2, 0.25) is 5.79 Å². The zero-order valence-corrected chi connectivity index (χ0v) is 24.1. The summed E-state index contributed by atoms with van der Waals surface area (Å²) in [7, 11) is -8.04. The summed E-state index contributed by atoms with van der Waals surface area (Å²) >= 11 is 0. The number of aromatic nitrogens is 3. The lowest BCUT2D eigenvalue weighted by atomic mass is 10.0. The first kappa shape index (κ1) is 31.3. The van der Waals surface area contributed by atoms with Gasteiger partial charge in [-0.1, -0.05) is 35.4 Å². The average Bonchev–Trinajstić information content (AvgIpc) is 3.59. The number of nitrogens with zero attached hydrogens (tertiary/aromatic N) is 3. The minimum Gasteiger partial charge on any atom is -0.341 e. The van der Waals surface area contributed by atoms with Gasteiger partial charge in [-0.05, 0) is 50.2 Å². The predicted octanol–water partition coefficient (Wildman–Crippen LogP) is 3.78. The van der Waals surface area contributed by atoms with Crippen LogP contribution in [0.1, 0.15) is 16.7 Å². The van der Waals surface area contributed by atoms with Gasteiger partial charge < -0.3 is 9.47 Å². The number of rotatable bonds is 8. The fourth-order valence-electron chi connectivity index (χ4n) is 3.93. The Bertz CT molecular complexity index is 1720. The summed E-state index contributed by atoms with van der Waals surface area (Å²) in [6.45, 7) is 3.17. The highest BCUT2D eigenvalue weighted by atomic mass is 32.2. The molecule has 2 atom stereocenters. The summed E-state index contributed by atoms with van der Waals surface area (Å²) in [5.41, 5.74) is 1.82. The smallest absolute Gasteiger partial charge is 0.297 e. The Kier molecular flexibility index (Phi) is 9.50. The van der Waals surface area contributed by atoms with Gasteiger partial charge >= 0.3 is 0 Å². The molecular formula is C27H27F2N3O8S2. The molecule has 42 heavy (non-hydrogen) atoms. The Morgan fingerprint density at radius 2 is 1.60 bits per heavy atom. The second-order valence-electron chi connectivity index (χ2n) is 9.36. The number of hydrogen-bond acceptors (Lipinski definition) is 9. The van der Waals surface area contributed by atoms with E-state index in [4.69, 9.17) is 18.2 Å². The van der Waals surface area contributed by atoms with Crippen LogP contribution in [0.2, 0.25) is 0 Å². The van der Waals surface area contributed by atoms with Gasteiger partial charge in [0, 0.05) is 11.6 Å². The van der Waals surface area contributed by atoms with Crippen molar-refractivity contribution in [3.8, 4) is 0 Å². The van der Waals surface area contributed by atoms with Gasteiger partial charge in [0.25, 0.3) is 20.2 Å². The molecule has 15 heteroatoms. The fraction of sp³-hybridized carbons (Fsp3) is 0.259. The number of benzene rings is 3. The standard InChI is InChI=1S/C20H19F2N3O5S.C7H8O3S/c1-14-2-5-17(6-3-14)31(26,27)29-10-16-9-28-20(30-16,11-25-13-23-12-24-25)18-7-4-15(21)8-19(18)22;1-6-2-4-7(5-3-6)11(8,9)10/h2-8,12-13,16H,9-11H2,1H3;2-5H,1H3,(H,8,9,10)/t16-,20+;/m0./s1. The predicted molar refractivity (Wildman–Crippen MR) is 144 cm³/mol. The van der Waals surface area contributed by atoms with Gasteiger partial charge in [-0.25, -0.2) is 18.4 Å². The molecule has 5 rings (SSSR count). The highest BCUT2D eigenvalue weighted by Gasteiger charge is 2.46. The number of aryl methyl sites for hydroxylation is 2. The lowest BCUT2D eigenvalue weighted by Gasteiger charge is -2.28. The molecule has 0 radical (unpaired) electrons. The molecule has 4 aromatic rings. The van der Waals surface area contributed by atoms with E-state index >= 15 is 0 Å². The van der Waals surface area contributed by atoms with E-state index in [0.29, 0.717) is 0 Å². The van der Waals surface area contributed by atoms with Crippen LogP contribution in [-0.4, -0.2) is 55.5 Å². The molecule has 0 amide bonds. The fourth-order valence-corrected chi connectivity index (χ4v) is 5.35. The van der Waals surface area contributed by atoms with Crippen molar-refractivity contribution in [3.05, 3.63) is 108 Å². The van der Waals surface area contributed by atoms with Crippen molar-refractivity contribution in [3.63, 3.8) is 0 Å².